The van der Waals surface area contributed by atoms with Crippen LogP contribution >= 0.6 is 0 Å². The fraction of sp³-hybridized carbons (Fsp3) is 0.583. The minimum absolute atomic E-state index is 1.00. The highest BCUT2D eigenvalue weighted by Crippen LogP contribution is 1.99. The molecular formula is C12H21. The van der Waals surface area contributed by atoms with E-state index in [9.17, 15) is 0 Å². The summed E-state index contributed by atoms with van der Waals surface area (Å²) in [7, 11) is 0. The first kappa shape index (κ1) is 11.5. The smallest absolute Gasteiger partial charge is 0.0348 e. The van der Waals surface area contributed by atoms with Crippen molar-refractivity contribution in [3.05, 3.63) is 31.2 Å². The lowest BCUT2D eigenvalue weighted by Gasteiger charge is -1.89. The number of rotatable bonds is 7. The molecule has 0 bridgehead atoms. The number of hydrogen-bond acceptors (Lipinski definition) is 0. The van der Waals surface area contributed by atoms with Crippen molar-refractivity contribution in [2.75, 3.05) is 0 Å². The van der Waals surface area contributed by atoms with Crippen LogP contribution in [0.25, 0.3) is 0 Å². The molecule has 1 radical (unpaired) electrons. The molecule has 0 heterocycles. The van der Waals surface area contributed by atoms with Crippen molar-refractivity contribution < 1.29 is 0 Å². The highest BCUT2D eigenvalue weighted by atomic mass is 13.9. The van der Waals surface area contributed by atoms with Crippen molar-refractivity contribution in [3.63, 3.8) is 0 Å². The van der Waals surface area contributed by atoms with Gasteiger partial charge in [0, 0.05) is 0 Å². The largest absolute Gasteiger partial charge is 0.0845 e. The van der Waals surface area contributed by atoms with Gasteiger partial charge in [-0.1, -0.05) is 51.0 Å². The average molecular weight is 165 g/mol. The van der Waals surface area contributed by atoms with Crippen molar-refractivity contribution in [1.82, 2.24) is 0 Å². The number of unbranched alkanes of at least 4 members (excludes halogenated alkanes) is 4. The predicted octanol–water partition coefficient (Wildman–Crippen LogP) is 4.29. The van der Waals surface area contributed by atoms with Crippen LogP contribution in [0, 0.1) is 6.92 Å². The van der Waals surface area contributed by atoms with Crippen LogP contribution in [-0.2, 0) is 0 Å². The quantitative estimate of drug-likeness (QED) is 0.390. The Bertz CT molecular complexity index is 120. The molecule has 0 heteroatoms. The van der Waals surface area contributed by atoms with Crippen LogP contribution in [0.1, 0.15) is 45.4 Å². The molecule has 0 unspecified atom stereocenters. The van der Waals surface area contributed by atoms with Gasteiger partial charge in [0.1, 0.15) is 0 Å². The third-order valence-corrected chi connectivity index (χ3v) is 1.73. The zero-order valence-electron chi connectivity index (χ0n) is 8.26. The van der Waals surface area contributed by atoms with Crippen molar-refractivity contribution in [1.29, 1.82) is 0 Å². The second-order valence-corrected chi connectivity index (χ2v) is 2.99. The van der Waals surface area contributed by atoms with Gasteiger partial charge in [0.25, 0.3) is 0 Å². The maximum atomic E-state index is 3.77. The summed E-state index contributed by atoms with van der Waals surface area (Å²) in [6.07, 6.45) is 16.0. The Balaban J connectivity index is 3.13. The first-order valence-corrected chi connectivity index (χ1v) is 5.02. The van der Waals surface area contributed by atoms with Crippen LogP contribution in [0.15, 0.2) is 24.3 Å². The molecule has 0 nitrogen and oxygen atoms in total. The lowest BCUT2D eigenvalue weighted by atomic mass is 10.2. The normalized spacial score (nSPS) is 11.8. The second kappa shape index (κ2) is 10.5. The van der Waals surface area contributed by atoms with Gasteiger partial charge >= 0.3 is 0 Å². The molecule has 0 aromatic heterocycles. The molecule has 0 spiro atoms. The maximum Gasteiger partial charge on any atom is -0.0348 e. The summed E-state index contributed by atoms with van der Waals surface area (Å²) in [5.41, 5.74) is 0. The summed E-state index contributed by atoms with van der Waals surface area (Å²) in [4.78, 5) is 0. The van der Waals surface area contributed by atoms with E-state index in [0.717, 1.165) is 12.8 Å². The van der Waals surface area contributed by atoms with Crippen LogP contribution < -0.4 is 0 Å². The van der Waals surface area contributed by atoms with Crippen molar-refractivity contribution >= 4 is 0 Å². The van der Waals surface area contributed by atoms with E-state index in [1.807, 2.05) is 0 Å². The van der Waals surface area contributed by atoms with E-state index >= 15 is 0 Å². The molecule has 69 valence electrons. The Morgan fingerprint density at radius 3 is 2.25 bits per heavy atom. The molecule has 0 aromatic carbocycles. The summed E-state index contributed by atoms with van der Waals surface area (Å²) < 4.78 is 0. The zero-order valence-corrected chi connectivity index (χ0v) is 8.26. The monoisotopic (exact) mass is 165 g/mol. The van der Waals surface area contributed by atoms with Gasteiger partial charge in [0.05, 0.1) is 0 Å². The van der Waals surface area contributed by atoms with Crippen LogP contribution in [0.4, 0.5) is 0 Å². The van der Waals surface area contributed by atoms with Gasteiger partial charge in [0.15, 0.2) is 0 Å². The van der Waals surface area contributed by atoms with E-state index in [0.29, 0.717) is 0 Å². The molecule has 0 saturated heterocycles. The molecule has 0 aliphatic carbocycles. The van der Waals surface area contributed by atoms with Crippen molar-refractivity contribution in [2.24, 2.45) is 0 Å². The molecule has 12 heavy (non-hydrogen) atoms. The van der Waals surface area contributed by atoms with E-state index in [2.05, 4.69) is 38.2 Å². The highest BCUT2D eigenvalue weighted by Gasteiger charge is 1.79. The molecule has 0 atom stereocenters. The standard InChI is InChI=1S/C12H21/c1-3-5-7-9-11-12-10-8-6-4-2/h7,9,11-12H,1,3-6,8,10H2,2H3. The summed E-state index contributed by atoms with van der Waals surface area (Å²) in [5, 5.41) is 0. The van der Waals surface area contributed by atoms with Gasteiger partial charge < -0.3 is 0 Å². The van der Waals surface area contributed by atoms with Crippen LogP contribution in [-0.4, -0.2) is 0 Å². The second-order valence-electron chi connectivity index (χ2n) is 2.99. The Hall–Kier alpha value is -0.520. The number of allylic oxidation sites excluding steroid dienone is 4. The summed E-state index contributed by atoms with van der Waals surface area (Å²) in [5.74, 6) is 0. The highest BCUT2D eigenvalue weighted by molar-refractivity contribution is 5.02. The maximum absolute atomic E-state index is 3.77. The molecule has 0 aliphatic rings. The van der Waals surface area contributed by atoms with Gasteiger partial charge in [0.2, 0.25) is 0 Å². The third-order valence-electron chi connectivity index (χ3n) is 1.73. The summed E-state index contributed by atoms with van der Waals surface area (Å²) in [6, 6.07) is 0. The van der Waals surface area contributed by atoms with Gasteiger partial charge in [-0.25, -0.2) is 0 Å². The summed E-state index contributed by atoms with van der Waals surface area (Å²) >= 11 is 0. The van der Waals surface area contributed by atoms with Crippen molar-refractivity contribution in [2.45, 2.75) is 45.4 Å². The minimum Gasteiger partial charge on any atom is -0.0845 e. The summed E-state index contributed by atoms with van der Waals surface area (Å²) in [6.45, 7) is 6.00. The van der Waals surface area contributed by atoms with Gasteiger partial charge in [-0.3, -0.25) is 0 Å². The topological polar surface area (TPSA) is 0 Å². The van der Waals surface area contributed by atoms with Crippen LogP contribution in [0.5, 0.6) is 0 Å². The molecule has 0 aromatic rings. The van der Waals surface area contributed by atoms with Crippen LogP contribution in [0.3, 0.4) is 0 Å². The molecule has 0 fully saturated rings. The van der Waals surface area contributed by atoms with Crippen LogP contribution in [0.2, 0.25) is 0 Å². The number of hydrogen-bond donors (Lipinski definition) is 0. The molecule has 0 aliphatic heterocycles. The van der Waals surface area contributed by atoms with Gasteiger partial charge in [-0.2, -0.15) is 0 Å². The fourth-order valence-corrected chi connectivity index (χ4v) is 0.980. The Labute approximate surface area is 77.4 Å². The van der Waals surface area contributed by atoms with Gasteiger partial charge in [-0.05, 0) is 25.7 Å². The van der Waals surface area contributed by atoms with E-state index < -0.39 is 0 Å². The first-order valence-electron chi connectivity index (χ1n) is 5.02. The Kier molecular flexibility index (Phi) is 10.0. The predicted molar refractivity (Wildman–Crippen MR) is 57.0 cm³/mol. The van der Waals surface area contributed by atoms with Crippen molar-refractivity contribution in [3.8, 4) is 0 Å². The molecule has 0 N–H and O–H groups in total. The lowest BCUT2D eigenvalue weighted by molar-refractivity contribution is 0.729. The first-order chi connectivity index (χ1) is 5.91. The Morgan fingerprint density at radius 2 is 1.67 bits per heavy atom. The van der Waals surface area contributed by atoms with E-state index in [1.165, 1.54) is 25.7 Å². The van der Waals surface area contributed by atoms with E-state index in [4.69, 9.17) is 0 Å². The SMILES string of the molecule is [CH2]CCC=CC=CCCCCC. The molecule has 0 amide bonds. The lowest BCUT2D eigenvalue weighted by Crippen LogP contribution is -1.69. The van der Waals surface area contributed by atoms with E-state index in [1.54, 1.807) is 0 Å². The zero-order chi connectivity index (χ0) is 9.07. The molecular weight excluding hydrogens is 144 g/mol. The Morgan fingerprint density at radius 1 is 1.00 bits per heavy atom. The molecule has 0 rings (SSSR count). The minimum atomic E-state index is 1.00. The molecule has 0 saturated carbocycles. The van der Waals surface area contributed by atoms with Gasteiger partial charge in [-0.15, -0.1) is 0 Å². The van der Waals surface area contributed by atoms with E-state index in [-0.39, 0.29) is 0 Å². The third kappa shape index (κ3) is 9.48. The average Bonchev–Trinajstić information content (AvgIpc) is 2.10. The fourth-order valence-electron chi connectivity index (χ4n) is 0.980.